The smallest absolute Gasteiger partial charge is 0.263 e. The minimum Gasteiger partial charge on any atom is -0.494 e. The van der Waals surface area contributed by atoms with E-state index in [9.17, 15) is 13.2 Å². The second-order valence-electron chi connectivity index (χ2n) is 9.33. The molecule has 0 aliphatic heterocycles. The first-order chi connectivity index (χ1) is 20.4. The van der Waals surface area contributed by atoms with E-state index in [1.807, 2.05) is 48.5 Å². The minimum absolute atomic E-state index is 0.00392. The van der Waals surface area contributed by atoms with Gasteiger partial charge >= 0.3 is 0 Å². The fraction of sp³-hybridized carbons (Fsp3) is 0.161. The first-order valence-corrected chi connectivity index (χ1v) is 14.8. The van der Waals surface area contributed by atoms with Crippen LogP contribution in [0.25, 0.3) is 22.2 Å². The van der Waals surface area contributed by atoms with Crippen LogP contribution in [0.2, 0.25) is 0 Å². The number of hydrogen-bond acceptors (Lipinski definition) is 8. The number of para-hydroxylation sites is 1. The highest BCUT2D eigenvalue weighted by Gasteiger charge is 2.18. The number of ether oxygens (including phenoxy) is 2. The van der Waals surface area contributed by atoms with Crippen molar-refractivity contribution in [3.8, 4) is 22.9 Å². The van der Waals surface area contributed by atoms with Gasteiger partial charge in [0.1, 0.15) is 17.9 Å². The number of carbonyl (C=O) groups excluding carboxylic acids is 1. The fourth-order valence-electron chi connectivity index (χ4n) is 4.21. The number of carbonyl (C=O) groups is 1. The third-order valence-electron chi connectivity index (χ3n) is 6.37. The molecule has 2 N–H and O–H groups in total. The summed E-state index contributed by atoms with van der Waals surface area (Å²) in [4.78, 5) is 26.1. The van der Waals surface area contributed by atoms with E-state index in [1.54, 1.807) is 6.07 Å². The van der Waals surface area contributed by atoms with Crippen LogP contribution in [-0.4, -0.2) is 43.0 Å². The predicted octanol–water partition coefficient (Wildman–Crippen LogP) is 5.93. The summed E-state index contributed by atoms with van der Waals surface area (Å²) in [5.41, 5.74) is 2.99. The van der Waals surface area contributed by atoms with Crippen LogP contribution in [0, 0.1) is 0 Å². The Morgan fingerprint density at radius 1 is 0.929 bits per heavy atom. The van der Waals surface area contributed by atoms with Crippen molar-refractivity contribution in [3.05, 3.63) is 96.8 Å². The fourth-order valence-corrected chi connectivity index (χ4v) is 5.21. The molecule has 0 spiro atoms. The van der Waals surface area contributed by atoms with Crippen molar-refractivity contribution >= 4 is 38.3 Å². The van der Waals surface area contributed by atoms with Crippen molar-refractivity contribution in [3.63, 3.8) is 0 Å². The molecular weight excluding hydrogens is 554 g/mol. The van der Waals surface area contributed by atoms with Gasteiger partial charge in [-0.05, 0) is 55.0 Å². The molecule has 1 amide bonds. The van der Waals surface area contributed by atoms with Crippen LogP contribution in [0.15, 0.2) is 96.2 Å². The van der Waals surface area contributed by atoms with E-state index < -0.39 is 10.0 Å². The second-order valence-corrected chi connectivity index (χ2v) is 11.0. The molecule has 0 unspecified atom stereocenters. The van der Waals surface area contributed by atoms with Gasteiger partial charge in [0.25, 0.3) is 15.9 Å². The van der Waals surface area contributed by atoms with Gasteiger partial charge in [-0.1, -0.05) is 43.7 Å². The molecule has 3 aromatic carbocycles. The maximum Gasteiger partial charge on any atom is 0.263 e. The standard InChI is InChI=1S/C31H29N5O5S/c1-3-4-16-41-23-9-7-8-21(17-23)28-18-26(25-10-5-6-11-27(25)35-28)31(37)34-22-12-14-24(15-13-22)42(38,39)36-29-19-30(40-2)33-20-32-29/h5-15,17-20H,3-4,16H2,1-2H3,(H,34,37)(H,32,33,36). The zero-order chi connectivity index (χ0) is 29.5. The molecular formula is C31H29N5O5S. The van der Waals surface area contributed by atoms with E-state index in [0.717, 1.165) is 24.2 Å². The molecule has 0 aliphatic carbocycles. The highest BCUT2D eigenvalue weighted by molar-refractivity contribution is 7.92. The molecule has 0 atom stereocenters. The summed E-state index contributed by atoms with van der Waals surface area (Å²) in [6.07, 6.45) is 3.20. The average Bonchev–Trinajstić information content (AvgIpc) is 3.01. The van der Waals surface area contributed by atoms with Crippen LogP contribution in [0.3, 0.4) is 0 Å². The van der Waals surface area contributed by atoms with Crippen molar-refractivity contribution in [1.82, 2.24) is 15.0 Å². The number of nitrogens with one attached hydrogen (secondary N) is 2. The zero-order valence-corrected chi connectivity index (χ0v) is 23.9. The number of unbranched alkanes of at least 4 members (excludes halogenated alkanes) is 1. The van der Waals surface area contributed by atoms with E-state index in [2.05, 4.69) is 26.9 Å². The number of aromatic nitrogens is 3. The summed E-state index contributed by atoms with van der Waals surface area (Å²) in [7, 11) is -2.52. The molecule has 42 heavy (non-hydrogen) atoms. The number of nitrogens with zero attached hydrogens (tertiary/aromatic N) is 3. The van der Waals surface area contributed by atoms with Gasteiger partial charge in [0.15, 0.2) is 0 Å². The lowest BCUT2D eigenvalue weighted by Gasteiger charge is -2.12. The summed E-state index contributed by atoms with van der Waals surface area (Å²) < 4.78 is 39.0. The highest BCUT2D eigenvalue weighted by Crippen LogP contribution is 2.28. The lowest BCUT2D eigenvalue weighted by molar-refractivity contribution is 0.102. The van der Waals surface area contributed by atoms with Crippen molar-refractivity contribution in [2.24, 2.45) is 0 Å². The van der Waals surface area contributed by atoms with E-state index in [-0.39, 0.29) is 22.5 Å². The molecule has 0 saturated carbocycles. The van der Waals surface area contributed by atoms with E-state index in [0.29, 0.717) is 34.5 Å². The monoisotopic (exact) mass is 583 g/mol. The Kier molecular flexibility index (Phi) is 8.58. The first-order valence-electron chi connectivity index (χ1n) is 13.3. The van der Waals surface area contributed by atoms with E-state index >= 15 is 0 Å². The van der Waals surface area contributed by atoms with Gasteiger partial charge in [0.05, 0.1) is 35.4 Å². The number of fused-ring (bicyclic) bond motifs is 1. The van der Waals surface area contributed by atoms with Crippen LogP contribution < -0.4 is 19.5 Å². The Balaban J connectivity index is 1.38. The van der Waals surface area contributed by atoms with Crippen LogP contribution in [0.4, 0.5) is 11.5 Å². The third-order valence-corrected chi connectivity index (χ3v) is 7.74. The van der Waals surface area contributed by atoms with E-state index in [1.165, 1.54) is 43.8 Å². The molecule has 0 aliphatic rings. The SMILES string of the molecule is CCCCOc1cccc(-c2cc(C(=O)Nc3ccc(S(=O)(=O)Nc4cc(OC)ncn4)cc3)c3ccccc3n2)c1. The molecule has 5 rings (SSSR count). The van der Waals surface area contributed by atoms with Gasteiger partial charge in [-0.2, -0.15) is 0 Å². The molecule has 0 saturated heterocycles. The topological polar surface area (TPSA) is 132 Å². The third kappa shape index (κ3) is 6.64. The van der Waals surface area contributed by atoms with Gasteiger partial charge in [-0.25, -0.2) is 23.4 Å². The Hall–Kier alpha value is -5.03. The number of sulfonamides is 1. The molecule has 214 valence electrons. The molecule has 0 fully saturated rings. The van der Waals surface area contributed by atoms with Gasteiger partial charge in [0.2, 0.25) is 5.88 Å². The molecule has 2 heterocycles. The summed E-state index contributed by atoms with van der Waals surface area (Å²) in [5.74, 6) is 0.676. The number of methoxy groups -OCH3 is 1. The quantitative estimate of drug-likeness (QED) is 0.183. The summed E-state index contributed by atoms with van der Waals surface area (Å²) >= 11 is 0. The summed E-state index contributed by atoms with van der Waals surface area (Å²) in [6.45, 7) is 2.74. The zero-order valence-electron chi connectivity index (χ0n) is 23.1. The van der Waals surface area contributed by atoms with E-state index in [4.69, 9.17) is 14.5 Å². The Labute approximate surface area is 243 Å². The lowest BCUT2D eigenvalue weighted by atomic mass is 10.0. The molecule has 11 heteroatoms. The van der Waals surface area contributed by atoms with Crippen LogP contribution in [0.1, 0.15) is 30.1 Å². The molecule has 2 aromatic heterocycles. The van der Waals surface area contributed by atoms with Crippen molar-refractivity contribution < 1.29 is 22.7 Å². The number of rotatable bonds is 11. The van der Waals surface area contributed by atoms with Gasteiger partial charge in [0, 0.05) is 22.7 Å². The van der Waals surface area contributed by atoms with Gasteiger partial charge < -0.3 is 14.8 Å². The molecule has 5 aromatic rings. The first kappa shape index (κ1) is 28.5. The van der Waals surface area contributed by atoms with Gasteiger partial charge in [-0.3, -0.25) is 9.52 Å². The number of hydrogen-bond donors (Lipinski definition) is 2. The summed E-state index contributed by atoms with van der Waals surface area (Å²) in [6, 6.07) is 24.0. The van der Waals surface area contributed by atoms with Crippen molar-refractivity contribution in [2.45, 2.75) is 24.7 Å². The van der Waals surface area contributed by atoms with Crippen LogP contribution in [0.5, 0.6) is 11.6 Å². The summed E-state index contributed by atoms with van der Waals surface area (Å²) in [5, 5.41) is 3.57. The second kappa shape index (κ2) is 12.6. The molecule has 10 nitrogen and oxygen atoms in total. The number of pyridine rings is 1. The maximum absolute atomic E-state index is 13.5. The number of amides is 1. The Morgan fingerprint density at radius 3 is 2.52 bits per heavy atom. The number of benzene rings is 3. The van der Waals surface area contributed by atoms with Crippen molar-refractivity contribution in [2.75, 3.05) is 23.8 Å². The largest absolute Gasteiger partial charge is 0.494 e. The van der Waals surface area contributed by atoms with Gasteiger partial charge in [-0.15, -0.1) is 0 Å². The number of anilines is 2. The normalized spacial score (nSPS) is 11.2. The minimum atomic E-state index is -3.94. The Bertz CT molecular complexity index is 1830. The van der Waals surface area contributed by atoms with Crippen LogP contribution >= 0.6 is 0 Å². The lowest BCUT2D eigenvalue weighted by Crippen LogP contribution is -2.15. The molecule has 0 radical (unpaired) electrons. The average molecular weight is 584 g/mol. The predicted molar refractivity (Wildman–Crippen MR) is 161 cm³/mol. The van der Waals surface area contributed by atoms with Crippen molar-refractivity contribution in [1.29, 1.82) is 0 Å². The maximum atomic E-state index is 13.5. The Morgan fingerprint density at radius 2 is 1.74 bits per heavy atom. The van der Waals surface area contributed by atoms with Crippen LogP contribution in [-0.2, 0) is 10.0 Å². The highest BCUT2D eigenvalue weighted by atomic mass is 32.2. The molecule has 0 bridgehead atoms.